The molecule has 7 nitrogen and oxygen atoms in total. The van der Waals surface area contributed by atoms with E-state index in [1.54, 1.807) is 0 Å². The number of imidazole rings is 1. The molecule has 1 aromatic heterocycles. The molecule has 0 saturated heterocycles. The number of aryl methyl sites for hydroxylation is 1. The molecule has 0 radical (unpaired) electrons. The van der Waals surface area contributed by atoms with Gasteiger partial charge in [0.05, 0.1) is 17.7 Å². The molecule has 2 aliphatic rings. The lowest BCUT2D eigenvalue weighted by Gasteiger charge is -2.12. The van der Waals surface area contributed by atoms with Crippen molar-refractivity contribution in [2.45, 2.75) is 18.1 Å². The molecule has 0 saturated carbocycles. The predicted octanol–water partition coefficient (Wildman–Crippen LogP) is 3.07. The fourth-order valence-corrected chi connectivity index (χ4v) is 4.11. The lowest BCUT2D eigenvalue weighted by Crippen LogP contribution is -2.25. The number of halogens is 6. The monoisotopic (exact) mass is 458 g/mol. The highest BCUT2D eigenvalue weighted by molar-refractivity contribution is 8.13. The molecule has 29 heavy (non-hydrogen) atoms. The van der Waals surface area contributed by atoms with Gasteiger partial charge in [0.1, 0.15) is 11.3 Å². The van der Waals surface area contributed by atoms with Crippen LogP contribution >= 0.6 is 23.5 Å². The molecule has 156 valence electrons. The van der Waals surface area contributed by atoms with E-state index < -0.39 is 35.0 Å². The van der Waals surface area contributed by atoms with Crippen LogP contribution in [0.3, 0.4) is 0 Å². The number of carbonyl (C=O) groups is 2. The van der Waals surface area contributed by atoms with Gasteiger partial charge in [0, 0.05) is 18.6 Å². The Morgan fingerprint density at radius 1 is 1.28 bits per heavy atom. The molecule has 0 aromatic carbocycles. The average Bonchev–Trinajstić information content (AvgIpc) is 3.15. The molecule has 0 N–H and O–H groups in total. The molecule has 1 amide bonds. The molecule has 0 fully saturated rings. The van der Waals surface area contributed by atoms with E-state index in [0.717, 1.165) is 10.9 Å². The third kappa shape index (κ3) is 4.49. The van der Waals surface area contributed by atoms with Crippen LogP contribution in [0.1, 0.15) is 11.4 Å². The van der Waals surface area contributed by atoms with Crippen LogP contribution < -0.4 is 0 Å². The summed E-state index contributed by atoms with van der Waals surface area (Å²) in [6.07, 6.45) is -8.88. The van der Waals surface area contributed by atoms with Gasteiger partial charge in [-0.25, -0.2) is 14.8 Å². The van der Waals surface area contributed by atoms with Crippen molar-refractivity contribution in [2.75, 3.05) is 5.75 Å². The summed E-state index contributed by atoms with van der Waals surface area (Å²) in [6.45, 7) is 0. The summed E-state index contributed by atoms with van der Waals surface area (Å²) in [5, 5.41) is -0.732. The zero-order chi connectivity index (χ0) is 21.6. The Morgan fingerprint density at radius 3 is 2.59 bits per heavy atom. The largest absolute Gasteiger partial charge is 0.491 e. The van der Waals surface area contributed by atoms with Gasteiger partial charge >= 0.3 is 18.3 Å². The Labute approximate surface area is 166 Å². The minimum Gasteiger partial charge on any atom is -0.412 e. The molecular formula is C14H8F6N4O3S2. The second kappa shape index (κ2) is 7.51. The number of ether oxygens (including phenoxy) is 1. The zero-order valence-corrected chi connectivity index (χ0v) is 15.7. The number of esters is 1. The van der Waals surface area contributed by atoms with Crippen LogP contribution in [0.2, 0.25) is 0 Å². The average molecular weight is 458 g/mol. The summed E-state index contributed by atoms with van der Waals surface area (Å²) in [5.74, 6) is -3.83. The van der Waals surface area contributed by atoms with Crippen molar-refractivity contribution in [2.24, 2.45) is 17.0 Å². The van der Waals surface area contributed by atoms with Gasteiger partial charge in [0.15, 0.2) is 10.3 Å². The number of carbonyl (C=O) groups excluding carboxylic acids is 2. The molecule has 0 bridgehead atoms. The second-order valence-corrected chi connectivity index (χ2v) is 7.42. The molecule has 2 aliphatic heterocycles. The number of thioether (sulfide) groups is 2. The molecule has 3 heterocycles. The number of hydrogen-bond acceptors (Lipinski definition) is 7. The number of aromatic nitrogens is 2. The topological polar surface area (TPSA) is 85.9 Å². The third-order valence-corrected chi connectivity index (χ3v) is 5.34. The Bertz CT molecular complexity index is 977. The van der Waals surface area contributed by atoms with Crippen LogP contribution in [-0.4, -0.2) is 44.2 Å². The van der Waals surface area contributed by atoms with Crippen LogP contribution in [0.4, 0.5) is 26.3 Å². The van der Waals surface area contributed by atoms with Crippen molar-refractivity contribution in [3.8, 4) is 0 Å². The summed E-state index contributed by atoms with van der Waals surface area (Å²) in [5.41, 5.74) is -1.59. The second-order valence-electron chi connectivity index (χ2n) is 5.53. The lowest BCUT2D eigenvalue weighted by molar-refractivity contribution is -0.194. The van der Waals surface area contributed by atoms with E-state index in [0.29, 0.717) is 23.5 Å². The van der Waals surface area contributed by atoms with E-state index in [9.17, 15) is 35.9 Å². The summed E-state index contributed by atoms with van der Waals surface area (Å²) >= 11 is 1.37. The first kappa shape index (κ1) is 21.4. The van der Waals surface area contributed by atoms with E-state index >= 15 is 0 Å². The highest BCUT2D eigenvalue weighted by Crippen LogP contribution is 2.37. The Kier molecular flexibility index (Phi) is 5.55. The summed E-state index contributed by atoms with van der Waals surface area (Å²) in [6, 6.07) is 0. The number of rotatable bonds is 3. The van der Waals surface area contributed by atoms with Crippen LogP contribution in [0.5, 0.6) is 0 Å². The quantitative estimate of drug-likeness (QED) is 0.511. The van der Waals surface area contributed by atoms with Crippen molar-refractivity contribution in [1.82, 2.24) is 9.55 Å². The highest BCUT2D eigenvalue weighted by Gasteiger charge is 2.44. The number of amides is 1. The molecule has 0 atom stereocenters. The first-order chi connectivity index (χ1) is 13.4. The normalized spacial score (nSPS) is 17.3. The maximum atomic E-state index is 13.1. The van der Waals surface area contributed by atoms with Gasteiger partial charge in [-0.1, -0.05) is 23.5 Å². The van der Waals surface area contributed by atoms with Crippen molar-refractivity contribution < 1.29 is 40.7 Å². The number of aliphatic imine (C=N–C) groups is 2. The number of alkyl halides is 6. The van der Waals surface area contributed by atoms with E-state index in [4.69, 9.17) is 0 Å². The van der Waals surface area contributed by atoms with E-state index in [-0.39, 0.29) is 33.7 Å². The van der Waals surface area contributed by atoms with Gasteiger partial charge in [-0.2, -0.15) is 31.3 Å². The van der Waals surface area contributed by atoms with Crippen LogP contribution in [0, 0.1) is 0 Å². The maximum Gasteiger partial charge on any atom is 0.491 e. The van der Waals surface area contributed by atoms with E-state index in [1.165, 1.54) is 7.05 Å². The maximum absolute atomic E-state index is 13.1. The third-order valence-electron chi connectivity index (χ3n) is 3.51. The predicted molar refractivity (Wildman–Crippen MR) is 91.0 cm³/mol. The fraction of sp³-hybridized carbons (Fsp3) is 0.357. The molecule has 0 unspecified atom stereocenters. The fourth-order valence-electron chi connectivity index (χ4n) is 2.35. The van der Waals surface area contributed by atoms with Gasteiger partial charge in [0.25, 0.3) is 5.91 Å². The zero-order valence-electron chi connectivity index (χ0n) is 14.1. The number of amidine groups is 1. The van der Waals surface area contributed by atoms with E-state index in [2.05, 4.69) is 19.7 Å². The summed E-state index contributed by atoms with van der Waals surface area (Å²) in [4.78, 5) is 34.3. The minimum atomic E-state index is -5.24. The minimum absolute atomic E-state index is 0.0274. The van der Waals surface area contributed by atoms with Gasteiger partial charge in [-0.05, 0) is 0 Å². The molecule has 0 spiro atoms. The molecule has 0 aliphatic carbocycles. The first-order valence-corrected chi connectivity index (χ1v) is 9.42. The van der Waals surface area contributed by atoms with Crippen LogP contribution in [-0.2, 0) is 33.3 Å². The number of nitrogens with zero attached hydrogens (tertiary/aromatic N) is 4. The van der Waals surface area contributed by atoms with Gasteiger partial charge in [-0.3, -0.25) is 4.79 Å². The van der Waals surface area contributed by atoms with Gasteiger partial charge < -0.3 is 9.30 Å². The SMILES string of the molecule is Cn1cnc(CSC2=NC(=O)C3=C(OC(=O)C(F)(F)F)SCC3=N2)c1C(F)(F)F. The Hall–Kier alpha value is -2.29. The van der Waals surface area contributed by atoms with Crippen molar-refractivity contribution >= 4 is 46.3 Å². The van der Waals surface area contributed by atoms with E-state index in [1.807, 2.05) is 0 Å². The van der Waals surface area contributed by atoms with Crippen molar-refractivity contribution in [3.63, 3.8) is 0 Å². The van der Waals surface area contributed by atoms with Crippen LogP contribution in [0.25, 0.3) is 0 Å². The van der Waals surface area contributed by atoms with Crippen LogP contribution in [0.15, 0.2) is 27.0 Å². The first-order valence-electron chi connectivity index (χ1n) is 7.45. The highest BCUT2D eigenvalue weighted by atomic mass is 32.2. The van der Waals surface area contributed by atoms with Gasteiger partial charge in [0.2, 0.25) is 0 Å². The standard InChI is InChI=1S/C14H8F6N4O3S2/c1-24-4-21-6(8(24)13(15,16)17)3-29-12-22-5-2-28-10(7(5)9(25)23-12)27-11(26)14(18,19)20/h4H,2-3H2,1H3. The Morgan fingerprint density at radius 2 is 1.97 bits per heavy atom. The molecule has 15 heteroatoms. The number of hydrogen-bond donors (Lipinski definition) is 0. The number of fused-ring (bicyclic) bond motifs is 1. The Balaban J connectivity index is 1.76. The van der Waals surface area contributed by atoms with Gasteiger partial charge in [-0.15, -0.1) is 0 Å². The summed E-state index contributed by atoms with van der Waals surface area (Å²) in [7, 11) is 1.18. The summed E-state index contributed by atoms with van der Waals surface area (Å²) < 4.78 is 81.2. The molecular weight excluding hydrogens is 450 g/mol. The lowest BCUT2D eigenvalue weighted by atomic mass is 10.2. The molecule has 1 aromatic rings. The van der Waals surface area contributed by atoms with Crippen molar-refractivity contribution in [1.29, 1.82) is 0 Å². The smallest absolute Gasteiger partial charge is 0.412 e. The van der Waals surface area contributed by atoms with Crippen molar-refractivity contribution in [3.05, 3.63) is 28.4 Å². The molecule has 3 rings (SSSR count).